The lowest BCUT2D eigenvalue weighted by Gasteiger charge is -2.20. The van der Waals surface area contributed by atoms with Gasteiger partial charge in [-0.3, -0.25) is 0 Å². The Kier molecular flexibility index (Phi) is 15.3. The lowest BCUT2D eigenvalue weighted by Crippen LogP contribution is -2.11. The molecule has 0 bridgehead atoms. The van der Waals surface area contributed by atoms with Crippen LogP contribution in [0.4, 0.5) is 26.3 Å². The van der Waals surface area contributed by atoms with Crippen LogP contribution < -0.4 is 18.9 Å². The van der Waals surface area contributed by atoms with Gasteiger partial charge in [0.15, 0.2) is 13.2 Å². The molecule has 0 spiro atoms. The van der Waals surface area contributed by atoms with Gasteiger partial charge in [0.1, 0.15) is 35.2 Å². The number of thiophene rings is 2. The van der Waals surface area contributed by atoms with Crippen LogP contribution in [0.1, 0.15) is 58.1 Å². The summed E-state index contributed by atoms with van der Waals surface area (Å²) in [5.41, 5.74) is 4.19. The lowest BCUT2D eigenvalue weighted by molar-refractivity contribution is -0.140. The number of ether oxygens (including phenoxy) is 4. The normalized spacial score (nSPS) is 12.3. The van der Waals surface area contributed by atoms with Crippen LogP contribution in [0, 0.1) is 13.8 Å². The fourth-order valence-corrected chi connectivity index (χ4v) is 8.29. The van der Waals surface area contributed by atoms with Gasteiger partial charge in [-0.25, -0.2) is 9.59 Å². The summed E-state index contributed by atoms with van der Waals surface area (Å²) >= 11 is 2.86. The van der Waals surface area contributed by atoms with Crippen LogP contribution in [-0.2, 0) is 21.9 Å². The minimum atomic E-state index is -4.38. The largest absolute Gasteiger partial charge is 0.486 e. The first kappa shape index (κ1) is 47.7. The fourth-order valence-electron chi connectivity index (χ4n) is 6.36. The van der Waals surface area contributed by atoms with Crippen LogP contribution in [-0.4, -0.2) is 35.4 Å². The summed E-state index contributed by atoms with van der Waals surface area (Å²) in [6.45, 7) is 4.62. The van der Waals surface area contributed by atoms with Gasteiger partial charge in [0.25, 0.3) is 0 Å². The van der Waals surface area contributed by atoms with Crippen molar-refractivity contribution in [3.05, 3.63) is 177 Å². The zero-order chi connectivity index (χ0) is 46.9. The Bertz CT molecular complexity index is 2690. The van der Waals surface area contributed by atoms with E-state index in [4.69, 9.17) is 29.2 Å². The van der Waals surface area contributed by atoms with Gasteiger partial charge < -0.3 is 29.2 Å². The zero-order valence-corrected chi connectivity index (χ0v) is 36.4. The maximum Gasteiger partial charge on any atom is 0.416 e. The smallest absolute Gasteiger partial charge is 0.416 e. The van der Waals surface area contributed by atoms with Crippen molar-refractivity contribution in [2.75, 3.05) is 13.2 Å². The number of rotatable bonds is 15. The Morgan fingerprint density at radius 1 is 0.554 bits per heavy atom. The van der Waals surface area contributed by atoms with Gasteiger partial charge in [0.05, 0.1) is 11.1 Å². The summed E-state index contributed by atoms with van der Waals surface area (Å²) in [5, 5.41) is 21.4. The van der Waals surface area contributed by atoms with E-state index in [1.165, 1.54) is 46.9 Å². The minimum absolute atomic E-state index is 0.283. The Labute approximate surface area is 377 Å². The molecule has 5 aromatic carbocycles. The predicted octanol–water partition coefficient (Wildman–Crippen LogP) is 13.7. The van der Waals surface area contributed by atoms with Crippen molar-refractivity contribution in [3.63, 3.8) is 0 Å². The van der Waals surface area contributed by atoms with Gasteiger partial charge in [-0.1, -0.05) is 54.6 Å². The molecule has 0 aliphatic heterocycles. The fraction of sp³-hybridized carbons (Fsp3) is 0.184. The molecule has 338 valence electrons. The van der Waals surface area contributed by atoms with E-state index in [0.717, 1.165) is 61.8 Å². The van der Waals surface area contributed by atoms with Gasteiger partial charge in [0.2, 0.25) is 0 Å². The Morgan fingerprint density at radius 3 is 1.42 bits per heavy atom. The Morgan fingerprint density at radius 2 is 0.985 bits per heavy atom. The number of hydrogen-bond donors (Lipinski definition) is 2. The van der Waals surface area contributed by atoms with E-state index in [9.17, 15) is 35.9 Å². The van der Waals surface area contributed by atoms with Gasteiger partial charge in [-0.2, -0.15) is 26.3 Å². The molecule has 7 aromatic rings. The van der Waals surface area contributed by atoms with Gasteiger partial charge >= 0.3 is 24.3 Å². The summed E-state index contributed by atoms with van der Waals surface area (Å²) in [5.74, 6) is -0.0141. The molecule has 0 aliphatic rings. The van der Waals surface area contributed by atoms with Crippen molar-refractivity contribution in [2.24, 2.45) is 0 Å². The molecule has 2 N–H and O–H groups in total. The Balaban J connectivity index is 0.000000218. The maximum atomic E-state index is 12.9. The number of carboxylic acid groups (broad SMARTS) is 2. The van der Waals surface area contributed by atoms with E-state index in [0.29, 0.717) is 34.1 Å². The number of aliphatic carboxylic acids is 2. The minimum Gasteiger partial charge on any atom is -0.486 e. The molecule has 0 fully saturated rings. The van der Waals surface area contributed by atoms with Crippen molar-refractivity contribution in [3.8, 4) is 43.9 Å². The van der Waals surface area contributed by atoms with E-state index in [-0.39, 0.29) is 6.10 Å². The standard InChI is InChI=1S/C27H21F3O4S.C22H19F3O4S/c1-17-13-22(11-12-23(17)33-15-25(31)32)34-26(19-5-3-2-4-6-19)20-14-24(35-16-20)18-7-9-21(10-8-18)27(28,29)30;1-13-9-18(7-8-19(13)28-11-21(26)27)29-14(2)16-10-20(30-12-16)15-3-5-17(6-4-15)22(23,24)25/h2-14,16,26H,15H2,1H3,(H,31,32);3-10,12,14H,11H2,1-2H3,(H,26,27). The average Bonchev–Trinajstić information content (AvgIpc) is 3.97. The highest BCUT2D eigenvalue weighted by atomic mass is 32.1. The lowest BCUT2D eigenvalue weighted by atomic mass is 10.0. The average molecular weight is 935 g/mol. The summed E-state index contributed by atoms with van der Waals surface area (Å²) in [6, 6.07) is 33.8. The highest BCUT2D eigenvalue weighted by Gasteiger charge is 2.31. The number of halogens is 6. The highest BCUT2D eigenvalue weighted by Crippen LogP contribution is 2.39. The molecule has 0 amide bonds. The van der Waals surface area contributed by atoms with E-state index >= 15 is 0 Å². The quantitative estimate of drug-likeness (QED) is 0.0978. The van der Waals surface area contributed by atoms with Crippen LogP contribution in [0.25, 0.3) is 20.9 Å². The molecule has 0 aliphatic carbocycles. The van der Waals surface area contributed by atoms with E-state index in [2.05, 4.69) is 0 Å². The number of carboxylic acids is 2. The number of aryl methyl sites for hydroxylation is 2. The number of hydrogen-bond acceptors (Lipinski definition) is 8. The molecular weight excluding hydrogens is 895 g/mol. The van der Waals surface area contributed by atoms with Crippen molar-refractivity contribution in [1.29, 1.82) is 0 Å². The number of benzene rings is 5. The van der Waals surface area contributed by atoms with E-state index in [1.54, 1.807) is 50.2 Å². The number of carbonyl (C=O) groups is 2. The number of alkyl halides is 6. The predicted molar refractivity (Wildman–Crippen MR) is 236 cm³/mol. The zero-order valence-electron chi connectivity index (χ0n) is 34.8. The van der Waals surface area contributed by atoms with Gasteiger partial charge in [-0.05, 0) is 132 Å². The van der Waals surface area contributed by atoms with Crippen molar-refractivity contribution in [1.82, 2.24) is 0 Å². The van der Waals surface area contributed by atoms with Crippen LogP contribution >= 0.6 is 22.7 Å². The summed E-state index contributed by atoms with van der Waals surface area (Å²) < 4.78 is 99.7. The molecule has 2 heterocycles. The second kappa shape index (κ2) is 20.8. The molecule has 2 atom stereocenters. The first-order chi connectivity index (χ1) is 30.8. The van der Waals surface area contributed by atoms with Crippen molar-refractivity contribution >= 4 is 34.6 Å². The van der Waals surface area contributed by atoms with Crippen LogP contribution in [0.5, 0.6) is 23.0 Å². The van der Waals surface area contributed by atoms with Crippen molar-refractivity contribution in [2.45, 2.75) is 45.3 Å². The molecule has 0 radical (unpaired) electrons. The van der Waals surface area contributed by atoms with Crippen molar-refractivity contribution < 1.29 is 65.1 Å². The van der Waals surface area contributed by atoms with Crippen LogP contribution in [0.2, 0.25) is 0 Å². The summed E-state index contributed by atoms with van der Waals surface area (Å²) in [6.07, 6.45) is -9.47. The Hall–Kier alpha value is -6.78. The first-order valence-corrected chi connectivity index (χ1v) is 21.4. The van der Waals surface area contributed by atoms with E-state index < -0.39 is 54.7 Å². The molecule has 16 heteroatoms. The third-order valence-corrected chi connectivity index (χ3v) is 11.7. The SMILES string of the molecule is Cc1cc(OC(C)c2csc(-c3ccc(C(F)(F)F)cc3)c2)ccc1OCC(=O)O.Cc1cc(OC(c2ccccc2)c2csc(-c3ccc(C(F)(F)F)cc3)c2)ccc1OCC(=O)O. The summed E-state index contributed by atoms with van der Waals surface area (Å²) in [7, 11) is 0. The first-order valence-electron chi connectivity index (χ1n) is 19.6. The second-order valence-corrected chi connectivity index (χ2v) is 16.3. The topological polar surface area (TPSA) is 112 Å². The third kappa shape index (κ3) is 13.1. The van der Waals surface area contributed by atoms with E-state index in [1.807, 2.05) is 60.1 Å². The molecule has 65 heavy (non-hydrogen) atoms. The third-order valence-electron chi connectivity index (χ3n) is 9.67. The molecular formula is C49H40F6O8S2. The maximum absolute atomic E-state index is 12.9. The van der Waals surface area contributed by atoms with Crippen LogP contribution in [0.15, 0.2) is 138 Å². The second-order valence-electron chi connectivity index (χ2n) is 14.5. The highest BCUT2D eigenvalue weighted by molar-refractivity contribution is 7.14. The monoisotopic (exact) mass is 934 g/mol. The molecule has 2 unspecified atom stereocenters. The molecule has 7 rings (SSSR count). The van der Waals surface area contributed by atoms with Gasteiger partial charge in [-0.15, -0.1) is 22.7 Å². The van der Waals surface area contributed by atoms with Crippen LogP contribution in [0.3, 0.4) is 0 Å². The summed E-state index contributed by atoms with van der Waals surface area (Å²) in [4.78, 5) is 23.1. The van der Waals surface area contributed by atoms with Gasteiger partial charge in [0, 0.05) is 20.9 Å². The molecule has 2 aromatic heterocycles. The molecule has 0 saturated heterocycles. The molecule has 0 saturated carbocycles. The molecule has 8 nitrogen and oxygen atoms in total.